The molecule has 2 rings (SSSR count). The first-order chi connectivity index (χ1) is 9.20. The number of benzene rings is 1. The Kier molecular flexibility index (Phi) is 4.41. The lowest BCUT2D eigenvalue weighted by Gasteiger charge is -2.15. The summed E-state index contributed by atoms with van der Waals surface area (Å²) in [5.74, 6) is 0.242. The Bertz CT molecular complexity index is 533. The van der Waals surface area contributed by atoms with E-state index in [1.807, 2.05) is 13.0 Å². The number of halogens is 1. The smallest absolute Gasteiger partial charge is 0.131 e. The minimum absolute atomic E-state index is 0.110. The van der Waals surface area contributed by atoms with Crippen molar-refractivity contribution in [2.75, 3.05) is 7.11 Å². The highest BCUT2D eigenvalue weighted by molar-refractivity contribution is 5.30. The van der Waals surface area contributed by atoms with Gasteiger partial charge in [-0.2, -0.15) is 0 Å². The minimum Gasteiger partial charge on any atom is -0.497 e. The third-order valence-corrected chi connectivity index (χ3v) is 2.91. The van der Waals surface area contributed by atoms with Crippen molar-refractivity contribution in [1.29, 1.82) is 0 Å². The second-order valence-corrected chi connectivity index (χ2v) is 4.19. The molecule has 1 N–H and O–H groups in total. The van der Waals surface area contributed by atoms with Crippen LogP contribution in [-0.4, -0.2) is 17.1 Å². The third kappa shape index (κ3) is 3.48. The van der Waals surface area contributed by atoms with Gasteiger partial charge in [0.1, 0.15) is 17.9 Å². The van der Waals surface area contributed by atoms with Gasteiger partial charge in [0.25, 0.3) is 0 Å². The predicted molar refractivity (Wildman–Crippen MR) is 70.2 cm³/mol. The first-order valence-corrected chi connectivity index (χ1v) is 6.02. The first kappa shape index (κ1) is 13.4. The fraction of sp³-hybridized carbons (Fsp3) is 0.286. The highest BCUT2D eigenvalue weighted by Crippen LogP contribution is 2.21. The third-order valence-electron chi connectivity index (χ3n) is 2.91. The molecule has 0 spiro atoms. The van der Waals surface area contributed by atoms with Crippen LogP contribution < -0.4 is 10.1 Å². The van der Waals surface area contributed by atoms with E-state index in [4.69, 9.17) is 4.74 Å². The fourth-order valence-corrected chi connectivity index (χ4v) is 1.78. The van der Waals surface area contributed by atoms with Gasteiger partial charge in [0.2, 0.25) is 0 Å². The molecule has 19 heavy (non-hydrogen) atoms. The van der Waals surface area contributed by atoms with E-state index in [2.05, 4.69) is 15.3 Å². The van der Waals surface area contributed by atoms with Crippen molar-refractivity contribution in [2.24, 2.45) is 0 Å². The second-order valence-electron chi connectivity index (χ2n) is 4.19. The van der Waals surface area contributed by atoms with Crippen LogP contribution in [0.15, 0.2) is 36.8 Å². The van der Waals surface area contributed by atoms with E-state index in [0.29, 0.717) is 17.9 Å². The molecule has 5 heteroatoms. The van der Waals surface area contributed by atoms with Crippen LogP contribution in [0.2, 0.25) is 0 Å². The summed E-state index contributed by atoms with van der Waals surface area (Å²) in [4.78, 5) is 7.96. The maximum absolute atomic E-state index is 13.9. The molecular weight excluding hydrogens is 245 g/mol. The van der Waals surface area contributed by atoms with Crippen LogP contribution in [0.25, 0.3) is 0 Å². The van der Waals surface area contributed by atoms with E-state index < -0.39 is 0 Å². The van der Waals surface area contributed by atoms with Gasteiger partial charge in [-0.3, -0.25) is 0 Å². The maximum atomic E-state index is 13.9. The molecule has 1 aromatic heterocycles. The zero-order valence-corrected chi connectivity index (χ0v) is 10.9. The van der Waals surface area contributed by atoms with E-state index >= 15 is 0 Å². The van der Waals surface area contributed by atoms with Crippen LogP contribution in [0.5, 0.6) is 5.75 Å². The Morgan fingerprint density at radius 2 is 2.21 bits per heavy atom. The molecular formula is C14H16FN3O. The van der Waals surface area contributed by atoms with Crippen molar-refractivity contribution in [3.05, 3.63) is 53.9 Å². The largest absolute Gasteiger partial charge is 0.497 e. The predicted octanol–water partition coefficient (Wildman–Crippen LogP) is 2.48. The summed E-state index contributed by atoms with van der Waals surface area (Å²) in [6.45, 7) is 2.47. The number of methoxy groups -OCH3 is 1. The second kappa shape index (κ2) is 6.24. The normalized spacial score (nSPS) is 12.2. The van der Waals surface area contributed by atoms with Gasteiger partial charge < -0.3 is 10.1 Å². The van der Waals surface area contributed by atoms with Crippen LogP contribution >= 0.6 is 0 Å². The number of nitrogens with zero attached hydrogens (tertiary/aromatic N) is 2. The van der Waals surface area contributed by atoms with Gasteiger partial charge in [-0.1, -0.05) is 6.07 Å². The fourth-order valence-electron chi connectivity index (χ4n) is 1.78. The molecule has 0 radical (unpaired) electrons. The molecule has 1 atom stereocenters. The lowest BCUT2D eigenvalue weighted by atomic mass is 10.1. The Balaban J connectivity index is 2.02. The molecule has 0 amide bonds. The standard InChI is InChI=1S/C14H16FN3O/c1-10(17-8-11-5-6-16-9-18-11)13-4-3-12(19-2)7-14(13)15/h3-7,9-10,17H,8H2,1-2H3. The van der Waals surface area contributed by atoms with Gasteiger partial charge in [-0.25, -0.2) is 14.4 Å². The summed E-state index contributed by atoms with van der Waals surface area (Å²) in [6.07, 6.45) is 3.18. The van der Waals surface area contributed by atoms with Crippen LogP contribution in [0.1, 0.15) is 24.2 Å². The van der Waals surface area contributed by atoms with E-state index in [-0.39, 0.29) is 11.9 Å². The average molecular weight is 261 g/mol. The van der Waals surface area contributed by atoms with E-state index in [1.54, 1.807) is 18.3 Å². The zero-order chi connectivity index (χ0) is 13.7. The molecule has 0 aliphatic heterocycles. The molecule has 100 valence electrons. The van der Waals surface area contributed by atoms with Gasteiger partial charge >= 0.3 is 0 Å². The topological polar surface area (TPSA) is 47.0 Å². The van der Waals surface area contributed by atoms with Crippen molar-refractivity contribution in [1.82, 2.24) is 15.3 Å². The summed E-state index contributed by atoms with van der Waals surface area (Å²) in [5, 5.41) is 3.22. The lowest BCUT2D eigenvalue weighted by Crippen LogP contribution is -2.19. The van der Waals surface area contributed by atoms with E-state index in [1.165, 1.54) is 19.5 Å². The van der Waals surface area contributed by atoms with E-state index in [9.17, 15) is 4.39 Å². The van der Waals surface area contributed by atoms with Crippen LogP contribution in [0.4, 0.5) is 4.39 Å². The van der Waals surface area contributed by atoms with Crippen molar-refractivity contribution >= 4 is 0 Å². The molecule has 0 saturated carbocycles. The zero-order valence-electron chi connectivity index (χ0n) is 10.9. The van der Waals surface area contributed by atoms with Crippen molar-refractivity contribution < 1.29 is 9.13 Å². The van der Waals surface area contributed by atoms with Gasteiger partial charge in [-0.15, -0.1) is 0 Å². The quantitative estimate of drug-likeness (QED) is 0.898. The summed E-state index contributed by atoms with van der Waals surface area (Å²) in [5.41, 5.74) is 1.48. The van der Waals surface area contributed by atoms with Crippen LogP contribution in [0.3, 0.4) is 0 Å². The molecule has 0 bridgehead atoms. The molecule has 0 fully saturated rings. The Morgan fingerprint density at radius 3 is 2.84 bits per heavy atom. The Labute approximate surface area is 111 Å². The maximum Gasteiger partial charge on any atom is 0.131 e. The number of ether oxygens (including phenoxy) is 1. The van der Waals surface area contributed by atoms with Gasteiger partial charge in [-0.05, 0) is 19.1 Å². The highest BCUT2D eigenvalue weighted by Gasteiger charge is 2.11. The average Bonchev–Trinajstić information content (AvgIpc) is 2.45. The highest BCUT2D eigenvalue weighted by atomic mass is 19.1. The molecule has 4 nitrogen and oxygen atoms in total. The summed E-state index contributed by atoms with van der Waals surface area (Å²) in [6, 6.07) is 6.58. The first-order valence-electron chi connectivity index (χ1n) is 6.02. The number of hydrogen-bond acceptors (Lipinski definition) is 4. The molecule has 0 aliphatic carbocycles. The number of hydrogen-bond donors (Lipinski definition) is 1. The minimum atomic E-state index is -0.276. The van der Waals surface area contributed by atoms with Gasteiger partial charge in [0, 0.05) is 30.4 Å². The molecule has 1 heterocycles. The Morgan fingerprint density at radius 1 is 1.37 bits per heavy atom. The SMILES string of the molecule is COc1ccc(C(C)NCc2ccncn2)c(F)c1. The van der Waals surface area contributed by atoms with Crippen molar-refractivity contribution in [3.8, 4) is 5.75 Å². The lowest BCUT2D eigenvalue weighted by molar-refractivity contribution is 0.409. The monoisotopic (exact) mass is 261 g/mol. The van der Waals surface area contributed by atoms with Gasteiger partial charge in [0.05, 0.1) is 12.8 Å². The van der Waals surface area contributed by atoms with E-state index in [0.717, 1.165) is 5.69 Å². The number of aromatic nitrogens is 2. The van der Waals surface area contributed by atoms with Crippen molar-refractivity contribution in [3.63, 3.8) is 0 Å². The summed E-state index contributed by atoms with van der Waals surface area (Å²) in [7, 11) is 1.52. The van der Waals surface area contributed by atoms with Crippen LogP contribution in [-0.2, 0) is 6.54 Å². The molecule has 1 aromatic carbocycles. The number of rotatable bonds is 5. The molecule has 0 aliphatic rings. The van der Waals surface area contributed by atoms with Crippen LogP contribution in [0, 0.1) is 5.82 Å². The van der Waals surface area contributed by atoms with Crippen molar-refractivity contribution in [2.45, 2.75) is 19.5 Å². The Hall–Kier alpha value is -2.01. The number of nitrogens with one attached hydrogen (secondary N) is 1. The summed E-state index contributed by atoms with van der Waals surface area (Å²) < 4.78 is 18.8. The van der Waals surface area contributed by atoms with Gasteiger partial charge in [0.15, 0.2) is 0 Å². The molecule has 2 aromatic rings. The molecule has 0 saturated heterocycles. The summed E-state index contributed by atoms with van der Waals surface area (Å²) >= 11 is 0. The molecule has 1 unspecified atom stereocenters.